The van der Waals surface area contributed by atoms with Crippen LogP contribution < -0.4 is 5.73 Å². The van der Waals surface area contributed by atoms with Crippen molar-refractivity contribution in [3.8, 4) is 0 Å². The van der Waals surface area contributed by atoms with Crippen LogP contribution in [0.3, 0.4) is 0 Å². The third kappa shape index (κ3) is 1.85. The second-order valence-corrected chi connectivity index (χ2v) is 3.30. The van der Waals surface area contributed by atoms with Gasteiger partial charge in [0, 0.05) is 0 Å². The molecule has 0 unspecified atom stereocenters. The van der Waals surface area contributed by atoms with Gasteiger partial charge in [-0.05, 0) is 0 Å². The molecule has 0 amide bonds. The van der Waals surface area contributed by atoms with E-state index in [9.17, 15) is 0 Å². The van der Waals surface area contributed by atoms with Crippen LogP contribution >= 0.6 is 8.60 Å². The molecule has 5 nitrogen and oxygen atoms in total. The fourth-order valence-corrected chi connectivity index (χ4v) is 1.35. The van der Waals surface area contributed by atoms with E-state index in [4.69, 9.17) is 24.8 Å². The Hall–Kier alpha value is 0.230. The van der Waals surface area contributed by atoms with Gasteiger partial charge in [-0.3, -0.25) is 0 Å². The maximum Gasteiger partial charge on any atom is 0.329 e. The highest BCUT2D eigenvalue weighted by atomic mass is 31.2. The van der Waals surface area contributed by atoms with Crippen LogP contribution in [0.5, 0.6) is 0 Å². The van der Waals surface area contributed by atoms with E-state index in [1.165, 1.54) is 0 Å². The average Bonchev–Trinajstić information content (AvgIpc) is 1.96. The van der Waals surface area contributed by atoms with Crippen LogP contribution in [0.4, 0.5) is 0 Å². The predicted octanol–water partition coefficient (Wildman–Crippen LogP) is -1.06. The van der Waals surface area contributed by atoms with Crippen LogP contribution in [0.25, 0.3) is 0 Å². The summed E-state index contributed by atoms with van der Waals surface area (Å²) in [6.45, 7) is 0.0909. The Labute approximate surface area is 59.7 Å². The Kier molecular flexibility index (Phi) is 2.57. The summed E-state index contributed by atoms with van der Waals surface area (Å²) in [5, 5.41) is 8.68. The third-order valence-corrected chi connectivity index (χ3v) is 1.94. The molecule has 0 spiro atoms. The maximum atomic E-state index is 8.72. The Morgan fingerprint density at radius 1 is 1.50 bits per heavy atom. The van der Waals surface area contributed by atoms with Crippen molar-refractivity contribution in [1.29, 1.82) is 0 Å². The van der Waals surface area contributed by atoms with E-state index in [0.717, 1.165) is 0 Å². The summed E-state index contributed by atoms with van der Waals surface area (Å²) < 4.78 is 9.39. The van der Waals surface area contributed by atoms with Gasteiger partial charge in [-0.25, -0.2) is 0 Å². The summed E-state index contributed by atoms with van der Waals surface area (Å²) in [5.41, 5.74) is 4.69. The first-order chi connectivity index (χ1) is 4.66. The molecule has 6 heteroatoms. The highest BCUT2D eigenvalue weighted by molar-refractivity contribution is 7.40. The third-order valence-electron chi connectivity index (χ3n) is 1.24. The molecule has 0 aromatic carbocycles. The number of hydrogen-bond donors (Lipinski definition) is 3. The molecule has 0 radical (unpaired) electrons. The van der Waals surface area contributed by atoms with Crippen molar-refractivity contribution < 1.29 is 19.0 Å². The first-order valence-electron chi connectivity index (χ1n) is 2.81. The molecule has 0 atom stereocenters. The van der Waals surface area contributed by atoms with Crippen LogP contribution in [0.15, 0.2) is 0 Å². The Morgan fingerprint density at radius 2 is 2.00 bits per heavy atom. The molecule has 1 aliphatic heterocycles. The minimum Gasteiger partial charge on any atom is -0.394 e. The van der Waals surface area contributed by atoms with Crippen molar-refractivity contribution >= 4 is 8.60 Å². The highest BCUT2D eigenvalue weighted by Crippen LogP contribution is 2.38. The van der Waals surface area contributed by atoms with E-state index in [-0.39, 0.29) is 19.8 Å². The van der Waals surface area contributed by atoms with Crippen molar-refractivity contribution in [2.45, 2.75) is 5.54 Å². The van der Waals surface area contributed by atoms with Gasteiger partial charge < -0.3 is 24.8 Å². The number of nitrogens with two attached hydrogens (primary N) is 1. The summed E-state index contributed by atoms with van der Waals surface area (Å²) in [6, 6.07) is 0. The lowest BCUT2D eigenvalue weighted by Crippen LogP contribution is -2.53. The monoisotopic (exact) mass is 167 g/mol. The van der Waals surface area contributed by atoms with Gasteiger partial charge in [-0.2, -0.15) is 0 Å². The Balaban J connectivity index is 2.38. The van der Waals surface area contributed by atoms with Crippen LogP contribution in [-0.4, -0.2) is 35.4 Å². The lowest BCUT2D eigenvalue weighted by Gasteiger charge is -2.32. The van der Waals surface area contributed by atoms with Gasteiger partial charge in [0.2, 0.25) is 0 Å². The number of hydrogen-bond acceptors (Lipinski definition) is 5. The molecule has 0 aromatic heterocycles. The van der Waals surface area contributed by atoms with E-state index >= 15 is 0 Å². The van der Waals surface area contributed by atoms with Crippen LogP contribution in [0, 0.1) is 0 Å². The first kappa shape index (κ1) is 8.33. The summed E-state index contributed by atoms with van der Waals surface area (Å²) in [4.78, 5) is 8.72. The van der Waals surface area contributed by atoms with E-state index in [0.29, 0.717) is 0 Å². The van der Waals surface area contributed by atoms with Gasteiger partial charge in [0.15, 0.2) is 0 Å². The minimum absolute atomic E-state index is 0.145. The highest BCUT2D eigenvalue weighted by Gasteiger charge is 2.32. The van der Waals surface area contributed by atoms with Gasteiger partial charge in [0.25, 0.3) is 0 Å². The van der Waals surface area contributed by atoms with Gasteiger partial charge in [-0.15, -0.1) is 0 Å². The summed E-state index contributed by atoms with van der Waals surface area (Å²) in [7, 11) is -1.75. The Morgan fingerprint density at radius 3 is 2.40 bits per heavy atom. The molecule has 0 aromatic rings. The van der Waals surface area contributed by atoms with E-state index < -0.39 is 14.1 Å². The number of aliphatic hydroxyl groups is 1. The topological polar surface area (TPSA) is 84.9 Å². The maximum absolute atomic E-state index is 8.72. The van der Waals surface area contributed by atoms with Crippen molar-refractivity contribution in [3.05, 3.63) is 0 Å². The van der Waals surface area contributed by atoms with Gasteiger partial charge in [0.1, 0.15) is 0 Å². The zero-order chi connectivity index (χ0) is 7.61. The summed E-state index contributed by atoms with van der Waals surface area (Å²) in [5.74, 6) is 0. The molecule has 1 saturated heterocycles. The molecule has 10 heavy (non-hydrogen) atoms. The SMILES string of the molecule is NC1(CO)COP(O)OC1. The zero-order valence-corrected chi connectivity index (χ0v) is 6.25. The molecule has 4 N–H and O–H groups in total. The Bertz CT molecular complexity index is 114. The minimum atomic E-state index is -1.75. The molecule has 1 rings (SSSR count). The van der Waals surface area contributed by atoms with Gasteiger partial charge >= 0.3 is 8.60 Å². The summed E-state index contributed by atoms with van der Waals surface area (Å²) >= 11 is 0. The quantitative estimate of drug-likeness (QED) is 0.433. The molecular formula is C4H10NO4P. The van der Waals surface area contributed by atoms with Gasteiger partial charge in [0.05, 0.1) is 25.4 Å². The van der Waals surface area contributed by atoms with Crippen molar-refractivity contribution in [2.24, 2.45) is 5.73 Å². The normalized spacial score (nSPS) is 41.7. The van der Waals surface area contributed by atoms with E-state index in [1.54, 1.807) is 0 Å². The standard InChI is InChI=1S/C4H10NO4P/c5-4(1-6)2-8-10(7)9-3-4/h6-7H,1-3,5H2. The molecule has 0 saturated carbocycles. The molecule has 0 bridgehead atoms. The van der Waals surface area contributed by atoms with Crippen molar-refractivity contribution in [2.75, 3.05) is 19.8 Å². The van der Waals surface area contributed by atoms with Crippen LogP contribution in [-0.2, 0) is 9.05 Å². The van der Waals surface area contributed by atoms with E-state index in [1.807, 2.05) is 0 Å². The number of rotatable bonds is 1. The summed E-state index contributed by atoms with van der Waals surface area (Å²) in [6.07, 6.45) is 0. The fourth-order valence-electron chi connectivity index (χ4n) is 0.538. The van der Waals surface area contributed by atoms with Crippen LogP contribution in [0.1, 0.15) is 0 Å². The molecular weight excluding hydrogens is 157 g/mol. The predicted molar refractivity (Wildman–Crippen MR) is 35.0 cm³/mol. The fraction of sp³-hybridized carbons (Fsp3) is 1.00. The van der Waals surface area contributed by atoms with Crippen molar-refractivity contribution in [3.63, 3.8) is 0 Å². The largest absolute Gasteiger partial charge is 0.394 e. The molecule has 1 fully saturated rings. The van der Waals surface area contributed by atoms with Crippen molar-refractivity contribution in [1.82, 2.24) is 0 Å². The smallest absolute Gasteiger partial charge is 0.329 e. The molecule has 1 heterocycles. The van der Waals surface area contributed by atoms with E-state index in [2.05, 4.69) is 0 Å². The second kappa shape index (κ2) is 3.09. The lowest BCUT2D eigenvalue weighted by atomic mass is 10.1. The second-order valence-electron chi connectivity index (χ2n) is 2.31. The lowest BCUT2D eigenvalue weighted by molar-refractivity contribution is 0.0349. The van der Waals surface area contributed by atoms with Gasteiger partial charge in [-0.1, -0.05) is 0 Å². The molecule has 60 valence electrons. The zero-order valence-electron chi connectivity index (χ0n) is 5.36. The molecule has 0 aliphatic carbocycles. The first-order valence-corrected chi connectivity index (χ1v) is 3.94. The number of aliphatic hydroxyl groups excluding tert-OH is 1. The average molecular weight is 167 g/mol. The molecule has 1 aliphatic rings. The van der Waals surface area contributed by atoms with Crippen LogP contribution in [0.2, 0.25) is 0 Å².